The van der Waals surface area contributed by atoms with Crippen molar-refractivity contribution in [3.63, 3.8) is 0 Å². The third-order valence-electron chi connectivity index (χ3n) is 3.43. The van der Waals surface area contributed by atoms with Gasteiger partial charge in [-0.05, 0) is 40.8 Å². The van der Waals surface area contributed by atoms with E-state index in [-0.39, 0.29) is 11.9 Å². The summed E-state index contributed by atoms with van der Waals surface area (Å²) in [6.45, 7) is 3.41. The van der Waals surface area contributed by atoms with E-state index in [0.29, 0.717) is 22.7 Å². The van der Waals surface area contributed by atoms with E-state index in [0.717, 1.165) is 19.4 Å². The van der Waals surface area contributed by atoms with E-state index in [2.05, 4.69) is 22.9 Å². The van der Waals surface area contributed by atoms with Gasteiger partial charge in [0.05, 0.1) is 10.7 Å². The number of carbonyl (C=O) groups excluding carboxylic acids is 1. The SMILES string of the molecule is C[C@H]1CCCN(C(=O)c2occc2Br)[C@H]1CN. The zero-order valence-corrected chi connectivity index (χ0v) is 11.4. The number of hydrogen-bond acceptors (Lipinski definition) is 3. The van der Waals surface area contributed by atoms with Gasteiger partial charge in [0.1, 0.15) is 0 Å². The quantitative estimate of drug-likeness (QED) is 0.911. The maximum Gasteiger partial charge on any atom is 0.291 e. The average Bonchev–Trinajstić information content (AvgIpc) is 2.74. The van der Waals surface area contributed by atoms with E-state index in [4.69, 9.17) is 10.2 Å². The highest BCUT2D eigenvalue weighted by Gasteiger charge is 2.33. The van der Waals surface area contributed by atoms with E-state index in [1.54, 1.807) is 6.07 Å². The van der Waals surface area contributed by atoms with E-state index >= 15 is 0 Å². The van der Waals surface area contributed by atoms with Gasteiger partial charge in [0.2, 0.25) is 5.76 Å². The molecular formula is C12H17BrN2O2. The standard InChI is InChI=1S/C12H17BrN2O2/c1-8-3-2-5-15(10(8)7-14)12(16)11-9(13)4-6-17-11/h4,6,8,10H,2-3,5,7,14H2,1H3/t8-,10-/m0/s1. The fraction of sp³-hybridized carbons (Fsp3) is 0.583. The molecule has 2 N–H and O–H groups in total. The molecule has 0 saturated carbocycles. The predicted octanol–water partition coefficient (Wildman–Crippen LogP) is 2.24. The number of likely N-dealkylation sites (tertiary alicyclic amines) is 1. The highest BCUT2D eigenvalue weighted by atomic mass is 79.9. The molecule has 0 spiro atoms. The highest BCUT2D eigenvalue weighted by Crippen LogP contribution is 2.27. The molecular weight excluding hydrogens is 284 g/mol. The van der Waals surface area contributed by atoms with Gasteiger partial charge in [-0.15, -0.1) is 0 Å². The molecule has 94 valence electrons. The van der Waals surface area contributed by atoms with Gasteiger partial charge in [-0.3, -0.25) is 4.79 Å². The van der Waals surface area contributed by atoms with Crippen LogP contribution in [0.5, 0.6) is 0 Å². The molecule has 0 aliphatic carbocycles. The molecule has 0 radical (unpaired) electrons. The third-order valence-corrected chi connectivity index (χ3v) is 4.05. The molecule has 2 atom stereocenters. The van der Waals surface area contributed by atoms with E-state index in [1.807, 2.05) is 4.90 Å². The van der Waals surface area contributed by atoms with Crippen LogP contribution < -0.4 is 5.73 Å². The molecule has 1 aromatic heterocycles. The lowest BCUT2D eigenvalue weighted by molar-refractivity contribution is 0.0500. The Kier molecular flexibility index (Phi) is 3.89. The van der Waals surface area contributed by atoms with Gasteiger partial charge in [-0.25, -0.2) is 0 Å². The molecule has 1 aromatic rings. The lowest BCUT2D eigenvalue weighted by atomic mass is 9.90. The van der Waals surface area contributed by atoms with Crippen molar-refractivity contribution in [3.8, 4) is 0 Å². The molecule has 1 aliphatic heterocycles. The maximum absolute atomic E-state index is 12.3. The number of carbonyl (C=O) groups is 1. The summed E-state index contributed by atoms with van der Waals surface area (Å²) in [4.78, 5) is 14.2. The van der Waals surface area contributed by atoms with Crippen molar-refractivity contribution in [1.82, 2.24) is 4.90 Å². The summed E-state index contributed by atoms with van der Waals surface area (Å²) in [7, 11) is 0. The first-order valence-electron chi connectivity index (χ1n) is 5.89. The van der Waals surface area contributed by atoms with Crippen molar-refractivity contribution in [3.05, 3.63) is 22.6 Å². The van der Waals surface area contributed by atoms with Crippen LogP contribution in [0.3, 0.4) is 0 Å². The topological polar surface area (TPSA) is 59.5 Å². The van der Waals surface area contributed by atoms with Crippen LogP contribution in [-0.4, -0.2) is 29.9 Å². The summed E-state index contributed by atoms with van der Waals surface area (Å²) < 4.78 is 5.93. The van der Waals surface area contributed by atoms with Crippen molar-refractivity contribution >= 4 is 21.8 Å². The lowest BCUT2D eigenvalue weighted by Gasteiger charge is -2.39. The molecule has 2 rings (SSSR count). The van der Waals surface area contributed by atoms with Gasteiger partial charge < -0.3 is 15.1 Å². The van der Waals surface area contributed by atoms with E-state index in [9.17, 15) is 4.79 Å². The van der Waals surface area contributed by atoms with E-state index in [1.165, 1.54) is 6.26 Å². The number of halogens is 1. The van der Waals surface area contributed by atoms with Crippen LogP contribution in [0.4, 0.5) is 0 Å². The van der Waals surface area contributed by atoms with Crippen LogP contribution in [0.15, 0.2) is 21.2 Å². The molecule has 5 heteroatoms. The minimum atomic E-state index is -0.0659. The molecule has 1 saturated heterocycles. The van der Waals surface area contributed by atoms with Crippen molar-refractivity contribution in [2.45, 2.75) is 25.8 Å². The van der Waals surface area contributed by atoms with Gasteiger partial charge in [0.25, 0.3) is 5.91 Å². The Morgan fingerprint density at radius 1 is 1.71 bits per heavy atom. The Balaban J connectivity index is 2.21. The summed E-state index contributed by atoms with van der Waals surface area (Å²) in [6.07, 6.45) is 3.68. The first-order valence-corrected chi connectivity index (χ1v) is 6.68. The maximum atomic E-state index is 12.3. The number of piperidine rings is 1. The number of amides is 1. The molecule has 0 aromatic carbocycles. The minimum Gasteiger partial charge on any atom is -0.458 e. The Morgan fingerprint density at radius 2 is 2.47 bits per heavy atom. The Labute approximate surface area is 109 Å². The van der Waals surface area contributed by atoms with Gasteiger partial charge >= 0.3 is 0 Å². The number of nitrogens with zero attached hydrogens (tertiary/aromatic N) is 1. The Morgan fingerprint density at radius 3 is 3.06 bits per heavy atom. The third kappa shape index (κ3) is 2.40. The molecule has 0 unspecified atom stereocenters. The zero-order chi connectivity index (χ0) is 12.4. The zero-order valence-electron chi connectivity index (χ0n) is 9.86. The normalized spacial score (nSPS) is 25.0. The molecule has 1 fully saturated rings. The second kappa shape index (κ2) is 5.23. The summed E-state index contributed by atoms with van der Waals surface area (Å²) >= 11 is 3.32. The predicted molar refractivity (Wildman–Crippen MR) is 68.7 cm³/mol. The second-order valence-electron chi connectivity index (χ2n) is 4.52. The van der Waals surface area contributed by atoms with Gasteiger partial charge in [0.15, 0.2) is 0 Å². The Bertz CT molecular complexity index is 405. The molecule has 0 bridgehead atoms. The molecule has 2 heterocycles. The van der Waals surface area contributed by atoms with E-state index < -0.39 is 0 Å². The summed E-state index contributed by atoms with van der Waals surface area (Å²) in [5, 5.41) is 0. The smallest absolute Gasteiger partial charge is 0.291 e. The Hall–Kier alpha value is -0.810. The largest absolute Gasteiger partial charge is 0.458 e. The van der Waals surface area contributed by atoms with Crippen LogP contribution in [0, 0.1) is 5.92 Å². The van der Waals surface area contributed by atoms with Crippen LogP contribution in [0.1, 0.15) is 30.3 Å². The summed E-state index contributed by atoms with van der Waals surface area (Å²) in [5.74, 6) is 0.757. The van der Waals surface area contributed by atoms with Crippen LogP contribution in [0.2, 0.25) is 0 Å². The first kappa shape index (κ1) is 12.6. The van der Waals surface area contributed by atoms with Gasteiger partial charge in [0, 0.05) is 19.1 Å². The molecule has 4 nitrogen and oxygen atoms in total. The van der Waals surface area contributed by atoms with Gasteiger partial charge in [-0.2, -0.15) is 0 Å². The lowest BCUT2D eigenvalue weighted by Crippen LogP contribution is -2.51. The molecule has 1 aliphatic rings. The fourth-order valence-corrected chi connectivity index (χ4v) is 2.81. The molecule has 1 amide bonds. The molecule has 17 heavy (non-hydrogen) atoms. The monoisotopic (exact) mass is 300 g/mol. The second-order valence-corrected chi connectivity index (χ2v) is 5.37. The fourth-order valence-electron chi connectivity index (χ4n) is 2.44. The van der Waals surface area contributed by atoms with Crippen molar-refractivity contribution in [1.29, 1.82) is 0 Å². The van der Waals surface area contributed by atoms with Crippen molar-refractivity contribution in [2.75, 3.05) is 13.1 Å². The number of hydrogen-bond donors (Lipinski definition) is 1. The highest BCUT2D eigenvalue weighted by molar-refractivity contribution is 9.10. The minimum absolute atomic E-state index is 0.0659. The number of nitrogens with two attached hydrogens (primary N) is 1. The van der Waals surface area contributed by atoms with Gasteiger partial charge in [-0.1, -0.05) is 6.92 Å². The van der Waals surface area contributed by atoms with Crippen molar-refractivity contribution < 1.29 is 9.21 Å². The average molecular weight is 301 g/mol. The summed E-state index contributed by atoms with van der Waals surface area (Å²) in [5.41, 5.74) is 5.78. The number of furan rings is 1. The summed E-state index contributed by atoms with van der Waals surface area (Å²) in [6, 6.07) is 1.85. The first-order chi connectivity index (χ1) is 8.15. The number of rotatable bonds is 2. The van der Waals surface area contributed by atoms with Crippen LogP contribution in [0.25, 0.3) is 0 Å². The van der Waals surface area contributed by atoms with Crippen LogP contribution in [-0.2, 0) is 0 Å². The van der Waals surface area contributed by atoms with Crippen molar-refractivity contribution in [2.24, 2.45) is 11.7 Å². The van der Waals surface area contributed by atoms with Crippen LogP contribution >= 0.6 is 15.9 Å².